The Kier molecular flexibility index (Phi) is 5.59. The van der Waals surface area contributed by atoms with Crippen molar-refractivity contribution < 1.29 is 9.53 Å². The van der Waals surface area contributed by atoms with Gasteiger partial charge in [-0.05, 0) is 41.7 Å². The number of methoxy groups -OCH3 is 1. The summed E-state index contributed by atoms with van der Waals surface area (Å²) in [4.78, 5) is 12.4. The first-order valence-corrected chi connectivity index (χ1v) is 7.71. The summed E-state index contributed by atoms with van der Waals surface area (Å²) in [5.74, 6) is 0.775. The Bertz CT molecular complexity index is 627. The lowest BCUT2D eigenvalue weighted by atomic mass is 10.0. The highest BCUT2D eigenvalue weighted by Gasteiger charge is 2.11. The summed E-state index contributed by atoms with van der Waals surface area (Å²) in [6, 6.07) is 13.8. The molecule has 1 N–H and O–H groups in total. The quantitative estimate of drug-likeness (QED) is 0.875. The predicted molar refractivity (Wildman–Crippen MR) is 90.5 cm³/mol. The Morgan fingerprint density at radius 1 is 1.05 bits per heavy atom. The molecule has 3 nitrogen and oxygen atoms in total. The Balaban J connectivity index is 2.15. The highest BCUT2D eigenvalue weighted by atomic mass is 16.5. The second-order valence-electron chi connectivity index (χ2n) is 5.23. The minimum Gasteiger partial charge on any atom is -0.497 e. The molecular weight excluding hydrogens is 274 g/mol. The Hall–Kier alpha value is -2.29. The molecule has 0 unspecified atom stereocenters. The van der Waals surface area contributed by atoms with Crippen LogP contribution in [0.4, 0.5) is 5.69 Å². The zero-order chi connectivity index (χ0) is 15.9. The lowest BCUT2D eigenvalue weighted by molar-refractivity contribution is -0.115. The lowest BCUT2D eigenvalue weighted by Gasteiger charge is -2.14. The van der Waals surface area contributed by atoms with Gasteiger partial charge in [-0.3, -0.25) is 4.79 Å². The topological polar surface area (TPSA) is 38.3 Å². The molecule has 0 aliphatic rings. The van der Waals surface area contributed by atoms with Gasteiger partial charge in [0.15, 0.2) is 0 Å². The van der Waals surface area contributed by atoms with Crippen molar-refractivity contribution in [2.45, 2.75) is 33.1 Å². The highest BCUT2D eigenvalue weighted by Crippen LogP contribution is 2.23. The van der Waals surface area contributed by atoms with E-state index >= 15 is 0 Å². The van der Waals surface area contributed by atoms with E-state index in [9.17, 15) is 4.79 Å². The molecule has 22 heavy (non-hydrogen) atoms. The zero-order valence-electron chi connectivity index (χ0n) is 13.5. The number of nitrogens with one attached hydrogen (secondary N) is 1. The van der Waals surface area contributed by atoms with Crippen LogP contribution in [0.3, 0.4) is 0 Å². The van der Waals surface area contributed by atoms with Crippen LogP contribution in [-0.4, -0.2) is 13.0 Å². The van der Waals surface area contributed by atoms with Gasteiger partial charge in [0, 0.05) is 5.69 Å². The number of carbonyl (C=O) groups is 1. The van der Waals surface area contributed by atoms with E-state index in [-0.39, 0.29) is 5.91 Å². The monoisotopic (exact) mass is 297 g/mol. The maximum atomic E-state index is 12.4. The number of para-hydroxylation sites is 1. The lowest BCUT2D eigenvalue weighted by Crippen LogP contribution is -2.17. The highest BCUT2D eigenvalue weighted by molar-refractivity contribution is 5.93. The van der Waals surface area contributed by atoms with Gasteiger partial charge in [0.1, 0.15) is 5.75 Å². The van der Waals surface area contributed by atoms with E-state index < -0.39 is 0 Å². The summed E-state index contributed by atoms with van der Waals surface area (Å²) in [6.45, 7) is 4.21. The molecule has 2 rings (SSSR count). The van der Waals surface area contributed by atoms with Gasteiger partial charge < -0.3 is 10.1 Å². The molecule has 0 spiro atoms. The second kappa shape index (κ2) is 7.64. The molecule has 0 radical (unpaired) electrons. The molecule has 0 bridgehead atoms. The summed E-state index contributed by atoms with van der Waals surface area (Å²) >= 11 is 0. The Labute approximate surface area is 132 Å². The predicted octanol–water partition coefficient (Wildman–Crippen LogP) is 4.00. The number of carbonyl (C=O) groups excluding carboxylic acids is 1. The SMILES string of the molecule is CCc1cccc(CC)c1NC(=O)Cc1cccc(OC)c1. The van der Waals surface area contributed by atoms with E-state index in [0.29, 0.717) is 6.42 Å². The fourth-order valence-electron chi connectivity index (χ4n) is 2.55. The first kappa shape index (κ1) is 16.1. The molecule has 0 aromatic heterocycles. The van der Waals surface area contributed by atoms with Crippen LogP contribution in [0.15, 0.2) is 42.5 Å². The van der Waals surface area contributed by atoms with Crippen molar-refractivity contribution in [2.75, 3.05) is 12.4 Å². The van der Waals surface area contributed by atoms with Gasteiger partial charge in [-0.1, -0.05) is 44.2 Å². The minimum absolute atomic E-state index is 0.00357. The molecule has 2 aromatic carbocycles. The van der Waals surface area contributed by atoms with Crippen molar-refractivity contribution in [3.63, 3.8) is 0 Å². The minimum atomic E-state index is 0.00357. The molecule has 0 aliphatic carbocycles. The van der Waals surface area contributed by atoms with Crippen LogP contribution in [0.1, 0.15) is 30.5 Å². The van der Waals surface area contributed by atoms with E-state index in [1.54, 1.807) is 7.11 Å². The van der Waals surface area contributed by atoms with Crippen molar-refractivity contribution in [3.05, 3.63) is 59.2 Å². The molecule has 2 aromatic rings. The van der Waals surface area contributed by atoms with E-state index in [2.05, 4.69) is 37.4 Å². The molecule has 0 atom stereocenters. The largest absolute Gasteiger partial charge is 0.497 e. The van der Waals surface area contributed by atoms with Crippen LogP contribution in [0.5, 0.6) is 5.75 Å². The smallest absolute Gasteiger partial charge is 0.228 e. The summed E-state index contributed by atoms with van der Waals surface area (Å²) in [7, 11) is 1.63. The molecule has 3 heteroatoms. The third-order valence-corrected chi connectivity index (χ3v) is 3.76. The number of amides is 1. The molecule has 0 heterocycles. The summed E-state index contributed by atoms with van der Waals surface area (Å²) in [6.07, 6.45) is 2.16. The van der Waals surface area contributed by atoms with Crippen LogP contribution in [0.25, 0.3) is 0 Å². The Morgan fingerprint density at radius 3 is 2.27 bits per heavy atom. The molecule has 1 amide bonds. The van der Waals surface area contributed by atoms with Gasteiger partial charge in [0.25, 0.3) is 0 Å². The van der Waals surface area contributed by atoms with Gasteiger partial charge in [-0.15, -0.1) is 0 Å². The maximum absolute atomic E-state index is 12.4. The number of rotatable bonds is 6. The number of ether oxygens (including phenoxy) is 1. The van der Waals surface area contributed by atoms with Gasteiger partial charge in [-0.25, -0.2) is 0 Å². The van der Waals surface area contributed by atoms with Crippen molar-refractivity contribution in [2.24, 2.45) is 0 Å². The van der Waals surface area contributed by atoms with Crippen molar-refractivity contribution >= 4 is 11.6 Å². The summed E-state index contributed by atoms with van der Waals surface area (Å²) < 4.78 is 5.20. The van der Waals surface area contributed by atoms with E-state index in [0.717, 1.165) is 29.8 Å². The number of benzene rings is 2. The van der Waals surface area contributed by atoms with Crippen LogP contribution in [0.2, 0.25) is 0 Å². The van der Waals surface area contributed by atoms with Gasteiger partial charge >= 0.3 is 0 Å². The number of hydrogen-bond donors (Lipinski definition) is 1. The van der Waals surface area contributed by atoms with Crippen LogP contribution < -0.4 is 10.1 Å². The van der Waals surface area contributed by atoms with Crippen molar-refractivity contribution in [3.8, 4) is 5.75 Å². The van der Waals surface area contributed by atoms with Gasteiger partial charge in [0.05, 0.1) is 13.5 Å². The Morgan fingerprint density at radius 2 is 1.68 bits per heavy atom. The third-order valence-electron chi connectivity index (χ3n) is 3.76. The molecule has 116 valence electrons. The van der Waals surface area contributed by atoms with E-state index in [1.165, 1.54) is 11.1 Å². The number of aryl methyl sites for hydroxylation is 2. The van der Waals surface area contributed by atoms with Crippen molar-refractivity contribution in [1.82, 2.24) is 0 Å². The van der Waals surface area contributed by atoms with Crippen LogP contribution >= 0.6 is 0 Å². The maximum Gasteiger partial charge on any atom is 0.228 e. The zero-order valence-corrected chi connectivity index (χ0v) is 13.5. The average Bonchev–Trinajstić information content (AvgIpc) is 2.55. The molecular formula is C19H23NO2. The summed E-state index contributed by atoms with van der Waals surface area (Å²) in [5, 5.41) is 3.09. The van der Waals surface area contributed by atoms with Gasteiger partial charge in [0.2, 0.25) is 5.91 Å². The third kappa shape index (κ3) is 3.88. The first-order chi connectivity index (χ1) is 10.7. The average molecular weight is 297 g/mol. The van der Waals surface area contributed by atoms with Crippen LogP contribution in [-0.2, 0) is 24.1 Å². The fraction of sp³-hybridized carbons (Fsp3) is 0.316. The normalized spacial score (nSPS) is 10.3. The van der Waals surface area contributed by atoms with E-state index in [1.807, 2.05) is 24.3 Å². The van der Waals surface area contributed by atoms with Crippen LogP contribution in [0, 0.1) is 0 Å². The molecule has 0 saturated heterocycles. The first-order valence-electron chi connectivity index (χ1n) is 7.71. The summed E-state index contributed by atoms with van der Waals surface area (Å²) in [5.41, 5.74) is 4.28. The molecule has 0 aliphatic heterocycles. The van der Waals surface area contributed by atoms with E-state index in [4.69, 9.17) is 4.74 Å². The fourth-order valence-corrected chi connectivity index (χ4v) is 2.55. The standard InChI is InChI=1S/C19H23NO2/c1-4-15-9-7-10-16(5-2)19(15)20-18(21)13-14-8-6-11-17(12-14)22-3/h6-12H,4-5,13H2,1-3H3,(H,20,21). The van der Waals surface area contributed by atoms with Crippen molar-refractivity contribution in [1.29, 1.82) is 0 Å². The second-order valence-corrected chi connectivity index (χ2v) is 5.23. The number of hydrogen-bond acceptors (Lipinski definition) is 2. The molecule has 0 fully saturated rings. The number of anilines is 1. The van der Waals surface area contributed by atoms with Gasteiger partial charge in [-0.2, -0.15) is 0 Å². The molecule has 0 saturated carbocycles.